The first-order chi connectivity index (χ1) is 9.20. The van der Waals surface area contributed by atoms with E-state index in [2.05, 4.69) is 35.2 Å². The van der Waals surface area contributed by atoms with Gasteiger partial charge in [0.2, 0.25) is 0 Å². The van der Waals surface area contributed by atoms with Gasteiger partial charge in [0.05, 0.1) is 5.56 Å². The van der Waals surface area contributed by atoms with E-state index in [4.69, 9.17) is 5.26 Å². The minimum Gasteiger partial charge on any atom is -0.365 e. The van der Waals surface area contributed by atoms with E-state index in [0.717, 1.165) is 11.3 Å². The summed E-state index contributed by atoms with van der Waals surface area (Å²) in [7, 11) is 0. The molecule has 0 aliphatic carbocycles. The molecular formula is C15H16N4. The van der Waals surface area contributed by atoms with Crippen LogP contribution in [0.2, 0.25) is 0 Å². The van der Waals surface area contributed by atoms with E-state index in [1.54, 1.807) is 12.4 Å². The highest BCUT2D eigenvalue weighted by molar-refractivity contribution is 5.52. The summed E-state index contributed by atoms with van der Waals surface area (Å²) in [5.41, 5.74) is 2.66. The summed E-state index contributed by atoms with van der Waals surface area (Å²) in [5, 5.41) is 12.3. The van der Waals surface area contributed by atoms with Crippen molar-refractivity contribution in [3.8, 4) is 6.07 Å². The summed E-state index contributed by atoms with van der Waals surface area (Å²) >= 11 is 0. The lowest BCUT2D eigenvalue weighted by Gasteiger charge is -2.11. The molecular weight excluding hydrogens is 236 g/mol. The lowest BCUT2D eigenvalue weighted by Crippen LogP contribution is -2.05. The summed E-state index contributed by atoms with van der Waals surface area (Å²) in [4.78, 5) is 8.48. The van der Waals surface area contributed by atoms with E-state index in [9.17, 15) is 0 Å². The molecule has 4 nitrogen and oxygen atoms in total. The molecule has 0 aliphatic heterocycles. The van der Waals surface area contributed by atoms with Gasteiger partial charge in [-0.15, -0.1) is 0 Å². The van der Waals surface area contributed by atoms with E-state index in [1.165, 1.54) is 0 Å². The molecule has 0 bridgehead atoms. The topological polar surface area (TPSA) is 61.6 Å². The molecule has 0 amide bonds. The Balaban J connectivity index is 2.19. The van der Waals surface area contributed by atoms with E-state index >= 15 is 0 Å². The zero-order valence-electron chi connectivity index (χ0n) is 11.1. The lowest BCUT2D eigenvalue weighted by molar-refractivity contribution is 0.822. The monoisotopic (exact) mass is 252 g/mol. The fraction of sp³-hybridized carbons (Fsp3) is 0.267. The largest absolute Gasteiger partial charge is 0.365 e. The second kappa shape index (κ2) is 5.96. The third-order valence-electron chi connectivity index (χ3n) is 2.84. The first-order valence-corrected chi connectivity index (χ1v) is 6.24. The van der Waals surface area contributed by atoms with Crippen molar-refractivity contribution in [1.29, 1.82) is 5.26 Å². The standard InChI is InChI=1S/C15H16N4/c1-11(2)14-4-3-13(9-16)15(19-14)18-10-12-5-7-17-8-6-12/h3-8,11H,10H2,1-2H3,(H,18,19). The van der Waals surface area contributed by atoms with Crippen molar-refractivity contribution >= 4 is 5.82 Å². The van der Waals surface area contributed by atoms with Crippen LogP contribution in [0.1, 0.15) is 36.6 Å². The molecule has 0 fully saturated rings. The smallest absolute Gasteiger partial charge is 0.144 e. The van der Waals surface area contributed by atoms with Crippen molar-refractivity contribution < 1.29 is 0 Å². The van der Waals surface area contributed by atoms with Crippen molar-refractivity contribution in [3.05, 3.63) is 53.5 Å². The maximum absolute atomic E-state index is 9.11. The maximum Gasteiger partial charge on any atom is 0.144 e. The molecule has 96 valence electrons. The number of nitrogens with zero attached hydrogens (tertiary/aromatic N) is 3. The van der Waals surface area contributed by atoms with Crippen LogP contribution in [0.15, 0.2) is 36.7 Å². The van der Waals surface area contributed by atoms with Crippen LogP contribution in [-0.2, 0) is 6.54 Å². The Morgan fingerprint density at radius 1 is 1.21 bits per heavy atom. The van der Waals surface area contributed by atoms with Crippen LogP contribution in [-0.4, -0.2) is 9.97 Å². The highest BCUT2D eigenvalue weighted by atomic mass is 15.0. The molecule has 0 atom stereocenters. The van der Waals surface area contributed by atoms with E-state index in [1.807, 2.05) is 24.3 Å². The molecule has 2 heterocycles. The Kier molecular flexibility index (Phi) is 4.09. The average Bonchev–Trinajstić information content (AvgIpc) is 2.45. The van der Waals surface area contributed by atoms with Gasteiger partial charge in [0.1, 0.15) is 11.9 Å². The third kappa shape index (κ3) is 3.29. The number of anilines is 1. The number of nitrogens with one attached hydrogen (secondary N) is 1. The fourth-order valence-corrected chi connectivity index (χ4v) is 1.71. The van der Waals surface area contributed by atoms with Gasteiger partial charge in [0.15, 0.2) is 0 Å². The van der Waals surface area contributed by atoms with Gasteiger partial charge in [0.25, 0.3) is 0 Å². The summed E-state index contributed by atoms with van der Waals surface area (Å²) in [6, 6.07) is 9.75. The van der Waals surface area contributed by atoms with Gasteiger partial charge in [-0.05, 0) is 35.7 Å². The van der Waals surface area contributed by atoms with Crippen LogP contribution in [0.4, 0.5) is 5.82 Å². The highest BCUT2D eigenvalue weighted by Crippen LogP contribution is 2.18. The molecule has 0 aromatic carbocycles. The molecule has 2 rings (SSSR count). The second-order valence-electron chi connectivity index (χ2n) is 4.61. The Labute approximate surface area is 113 Å². The number of rotatable bonds is 4. The molecule has 0 radical (unpaired) electrons. The van der Waals surface area contributed by atoms with Crippen LogP contribution >= 0.6 is 0 Å². The number of hydrogen-bond donors (Lipinski definition) is 1. The zero-order chi connectivity index (χ0) is 13.7. The number of hydrogen-bond acceptors (Lipinski definition) is 4. The summed E-state index contributed by atoms with van der Waals surface area (Å²) in [5.74, 6) is 0.986. The van der Waals surface area contributed by atoms with Crippen LogP contribution in [0.25, 0.3) is 0 Å². The first kappa shape index (κ1) is 13.0. The number of pyridine rings is 2. The molecule has 0 aliphatic rings. The van der Waals surface area contributed by atoms with Crippen LogP contribution < -0.4 is 5.32 Å². The predicted molar refractivity (Wildman–Crippen MR) is 74.6 cm³/mol. The van der Waals surface area contributed by atoms with Crippen LogP contribution in [0.3, 0.4) is 0 Å². The Bertz CT molecular complexity index is 585. The van der Waals surface area contributed by atoms with E-state index in [0.29, 0.717) is 23.8 Å². The van der Waals surface area contributed by atoms with Crippen LogP contribution in [0.5, 0.6) is 0 Å². The third-order valence-corrected chi connectivity index (χ3v) is 2.84. The van der Waals surface area contributed by atoms with Gasteiger partial charge in [-0.25, -0.2) is 4.98 Å². The van der Waals surface area contributed by atoms with Gasteiger partial charge < -0.3 is 5.32 Å². The fourth-order valence-electron chi connectivity index (χ4n) is 1.71. The molecule has 2 aromatic heterocycles. The molecule has 2 aromatic rings. The Morgan fingerprint density at radius 2 is 1.95 bits per heavy atom. The van der Waals surface area contributed by atoms with Gasteiger partial charge in [-0.3, -0.25) is 4.98 Å². The van der Waals surface area contributed by atoms with Crippen molar-refractivity contribution in [2.75, 3.05) is 5.32 Å². The molecule has 19 heavy (non-hydrogen) atoms. The molecule has 0 saturated carbocycles. The number of nitriles is 1. The van der Waals surface area contributed by atoms with E-state index in [-0.39, 0.29) is 0 Å². The quantitative estimate of drug-likeness (QED) is 0.908. The van der Waals surface area contributed by atoms with Crippen LogP contribution in [0, 0.1) is 11.3 Å². The average molecular weight is 252 g/mol. The number of aromatic nitrogens is 2. The summed E-state index contributed by atoms with van der Waals surface area (Å²) in [6.07, 6.45) is 3.50. The Hall–Kier alpha value is -2.41. The van der Waals surface area contributed by atoms with Gasteiger partial charge >= 0.3 is 0 Å². The van der Waals surface area contributed by atoms with Crippen molar-refractivity contribution in [2.24, 2.45) is 0 Å². The summed E-state index contributed by atoms with van der Waals surface area (Å²) < 4.78 is 0. The summed E-state index contributed by atoms with van der Waals surface area (Å²) in [6.45, 7) is 4.80. The van der Waals surface area contributed by atoms with E-state index < -0.39 is 0 Å². The highest BCUT2D eigenvalue weighted by Gasteiger charge is 2.07. The zero-order valence-corrected chi connectivity index (χ0v) is 11.1. The lowest BCUT2D eigenvalue weighted by atomic mass is 10.1. The van der Waals surface area contributed by atoms with Crippen molar-refractivity contribution in [2.45, 2.75) is 26.3 Å². The van der Waals surface area contributed by atoms with Gasteiger partial charge in [0, 0.05) is 24.6 Å². The first-order valence-electron chi connectivity index (χ1n) is 6.24. The maximum atomic E-state index is 9.11. The molecule has 0 unspecified atom stereocenters. The minimum atomic E-state index is 0.342. The second-order valence-corrected chi connectivity index (χ2v) is 4.61. The molecule has 1 N–H and O–H groups in total. The molecule has 4 heteroatoms. The van der Waals surface area contributed by atoms with Gasteiger partial charge in [-0.1, -0.05) is 13.8 Å². The Morgan fingerprint density at radius 3 is 2.58 bits per heavy atom. The van der Waals surface area contributed by atoms with Crippen molar-refractivity contribution in [3.63, 3.8) is 0 Å². The predicted octanol–water partition coefficient (Wildman–Crippen LogP) is 3.08. The minimum absolute atomic E-state index is 0.342. The van der Waals surface area contributed by atoms with Crippen molar-refractivity contribution in [1.82, 2.24) is 9.97 Å². The molecule has 0 spiro atoms. The SMILES string of the molecule is CC(C)c1ccc(C#N)c(NCc2ccncc2)n1. The van der Waals surface area contributed by atoms with Gasteiger partial charge in [-0.2, -0.15) is 5.26 Å². The molecule has 0 saturated heterocycles. The normalized spacial score (nSPS) is 10.2.